The van der Waals surface area contributed by atoms with E-state index >= 15 is 0 Å². The topological polar surface area (TPSA) is 38.0 Å². The predicted octanol–water partition coefficient (Wildman–Crippen LogP) is 6.74. The summed E-state index contributed by atoms with van der Waals surface area (Å²) in [5, 5.41) is 10.5. The van der Waals surface area contributed by atoms with Gasteiger partial charge >= 0.3 is 6.18 Å². The van der Waals surface area contributed by atoms with Gasteiger partial charge in [0.1, 0.15) is 11.4 Å². The number of aromatic nitrogens is 2. The summed E-state index contributed by atoms with van der Waals surface area (Å²) in [4.78, 5) is 5.23. The average molecular weight is 455 g/mol. The van der Waals surface area contributed by atoms with Crippen molar-refractivity contribution < 1.29 is 18.3 Å². The molecule has 0 radical (unpaired) electrons. The summed E-state index contributed by atoms with van der Waals surface area (Å²) in [5.41, 5.74) is 0.681. The van der Waals surface area contributed by atoms with E-state index in [1.54, 1.807) is 30.7 Å². The van der Waals surface area contributed by atoms with Crippen molar-refractivity contribution in [3.63, 3.8) is 0 Å². The van der Waals surface area contributed by atoms with E-state index in [0.717, 1.165) is 22.1 Å². The van der Waals surface area contributed by atoms with Crippen molar-refractivity contribution in [3.05, 3.63) is 90.3 Å². The Kier molecular flexibility index (Phi) is 5.65. The molecule has 32 heavy (non-hydrogen) atoms. The van der Waals surface area contributed by atoms with Gasteiger partial charge in [0.05, 0.1) is 11.3 Å². The third kappa shape index (κ3) is 4.45. The molecular formula is C25H21F3N2OS. The van der Waals surface area contributed by atoms with Crippen LogP contribution in [0.1, 0.15) is 25.1 Å². The maximum atomic E-state index is 13.7. The van der Waals surface area contributed by atoms with E-state index in [1.165, 1.54) is 12.1 Å². The molecule has 0 aliphatic rings. The number of hydrogen-bond acceptors (Lipinski definition) is 3. The van der Waals surface area contributed by atoms with E-state index in [2.05, 4.69) is 17.6 Å². The van der Waals surface area contributed by atoms with Crippen molar-refractivity contribution in [1.82, 2.24) is 9.55 Å². The van der Waals surface area contributed by atoms with Crippen LogP contribution in [0.2, 0.25) is 0 Å². The fourth-order valence-electron chi connectivity index (χ4n) is 3.49. The third-order valence-electron chi connectivity index (χ3n) is 5.13. The lowest BCUT2D eigenvalue weighted by Gasteiger charge is -2.14. The molecule has 4 rings (SSSR count). The van der Waals surface area contributed by atoms with Gasteiger partial charge in [-0.3, -0.25) is 4.57 Å². The minimum atomic E-state index is -4.54. The summed E-state index contributed by atoms with van der Waals surface area (Å²) in [5.74, 6) is 0.111. The molecule has 4 aromatic rings. The van der Waals surface area contributed by atoms with Gasteiger partial charge < -0.3 is 5.11 Å². The average Bonchev–Trinajstić information content (AvgIpc) is 3.19. The highest BCUT2D eigenvalue weighted by Gasteiger charge is 2.35. The van der Waals surface area contributed by atoms with Crippen LogP contribution in [0.15, 0.2) is 83.9 Å². The first-order valence-corrected chi connectivity index (χ1v) is 10.4. The first kappa shape index (κ1) is 22.2. The lowest BCUT2D eigenvalue weighted by molar-refractivity contribution is -0.137. The normalized spacial score (nSPS) is 12.2. The van der Waals surface area contributed by atoms with Crippen LogP contribution in [0.5, 0.6) is 0 Å². The van der Waals surface area contributed by atoms with Crippen LogP contribution in [-0.4, -0.2) is 14.7 Å². The molecule has 0 amide bonds. The summed E-state index contributed by atoms with van der Waals surface area (Å²) in [6, 6.07) is 20.4. The summed E-state index contributed by atoms with van der Waals surface area (Å²) >= 11 is 4.37. The van der Waals surface area contributed by atoms with Gasteiger partial charge in [-0.15, -0.1) is 12.6 Å². The number of imidazole rings is 1. The number of halogens is 3. The number of thiol groups is 1. The van der Waals surface area contributed by atoms with Crippen molar-refractivity contribution in [2.75, 3.05) is 0 Å². The van der Waals surface area contributed by atoms with Crippen LogP contribution in [-0.2, 0) is 11.8 Å². The van der Waals surface area contributed by atoms with Gasteiger partial charge in [-0.2, -0.15) is 13.2 Å². The molecule has 0 spiro atoms. The Hall–Kier alpha value is -3.03. The van der Waals surface area contributed by atoms with E-state index in [-0.39, 0.29) is 17.1 Å². The Morgan fingerprint density at radius 3 is 2.19 bits per heavy atom. The molecular weight excluding hydrogens is 433 g/mol. The van der Waals surface area contributed by atoms with Gasteiger partial charge in [0, 0.05) is 22.3 Å². The number of nitrogens with zero attached hydrogens (tertiary/aromatic N) is 2. The Morgan fingerprint density at radius 2 is 1.56 bits per heavy atom. The van der Waals surface area contributed by atoms with Crippen molar-refractivity contribution in [3.8, 4) is 28.2 Å². The molecule has 7 heteroatoms. The Morgan fingerprint density at radius 1 is 0.875 bits per heavy atom. The molecule has 3 nitrogen and oxygen atoms in total. The molecule has 164 valence electrons. The molecule has 1 aromatic heterocycles. The van der Waals surface area contributed by atoms with Gasteiger partial charge in [0.15, 0.2) is 0 Å². The van der Waals surface area contributed by atoms with Crippen molar-refractivity contribution in [2.24, 2.45) is 0 Å². The fourth-order valence-corrected chi connectivity index (χ4v) is 3.71. The lowest BCUT2D eigenvalue weighted by atomic mass is 10.0. The molecule has 0 aliphatic carbocycles. The first-order chi connectivity index (χ1) is 15.0. The zero-order chi connectivity index (χ0) is 23.1. The molecule has 3 aromatic carbocycles. The van der Waals surface area contributed by atoms with Gasteiger partial charge in [-0.25, -0.2) is 4.98 Å². The molecule has 0 aliphatic heterocycles. The maximum Gasteiger partial charge on any atom is 0.417 e. The van der Waals surface area contributed by atoms with Gasteiger partial charge in [0.25, 0.3) is 0 Å². The second kappa shape index (κ2) is 8.15. The monoisotopic (exact) mass is 454 g/mol. The highest BCUT2D eigenvalue weighted by molar-refractivity contribution is 7.80. The summed E-state index contributed by atoms with van der Waals surface area (Å²) < 4.78 is 42.6. The molecule has 0 fully saturated rings. The predicted molar refractivity (Wildman–Crippen MR) is 122 cm³/mol. The van der Waals surface area contributed by atoms with Crippen LogP contribution in [0.4, 0.5) is 13.2 Å². The van der Waals surface area contributed by atoms with Gasteiger partial charge in [-0.05, 0) is 55.3 Å². The Labute approximate surface area is 189 Å². The highest BCUT2D eigenvalue weighted by Crippen LogP contribution is 2.38. The SMILES string of the molecule is CC(C)(O)c1cn(-c2ccc(-c3cccc(S)c3)cc2)c(-c2ccccc2C(F)(F)F)n1. The minimum absolute atomic E-state index is 0.0534. The van der Waals surface area contributed by atoms with Crippen LogP contribution in [0, 0.1) is 0 Å². The van der Waals surface area contributed by atoms with Crippen molar-refractivity contribution in [2.45, 2.75) is 30.5 Å². The van der Waals surface area contributed by atoms with E-state index in [4.69, 9.17) is 0 Å². The summed E-state index contributed by atoms with van der Waals surface area (Å²) in [6.07, 6.45) is -2.96. The fraction of sp³-hybridized carbons (Fsp3) is 0.160. The van der Waals surface area contributed by atoms with Crippen LogP contribution >= 0.6 is 12.6 Å². The standard InChI is InChI=1S/C25H21F3N2OS/c1-24(2,31)22-15-30(23(29-22)20-8-3-4-9-21(20)25(26,27)28)18-12-10-16(11-13-18)17-6-5-7-19(32)14-17/h3-15,31-32H,1-2H3. The minimum Gasteiger partial charge on any atom is -0.384 e. The summed E-state index contributed by atoms with van der Waals surface area (Å²) in [6.45, 7) is 3.10. The van der Waals surface area contributed by atoms with Crippen LogP contribution < -0.4 is 0 Å². The number of aliphatic hydroxyl groups is 1. The molecule has 1 heterocycles. The lowest BCUT2D eigenvalue weighted by Crippen LogP contribution is -2.15. The van der Waals surface area contributed by atoms with Gasteiger partial charge in [0.2, 0.25) is 0 Å². The number of hydrogen-bond donors (Lipinski definition) is 2. The van der Waals surface area contributed by atoms with Gasteiger partial charge in [-0.1, -0.05) is 42.5 Å². The maximum absolute atomic E-state index is 13.7. The Balaban J connectivity index is 1.86. The summed E-state index contributed by atoms with van der Waals surface area (Å²) in [7, 11) is 0. The number of benzene rings is 3. The zero-order valence-electron chi connectivity index (χ0n) is 17.4. The zero-order valence-corrected chi connectivity index (χ0v) is 18.3. The molecule has 0 atom stereocenters. The number of alkyl halides is 3. The smallest absolute Gasteiger partial charge is 0.384 e. The quantitative estimate of drug-likeness (QED) is 0.335. The molecule has 0 saturated carbocycles. The molecule has 0 unspecified atom stereocenters. The second-order valence-corrected chi connectivity index (χ2v) is 8.54. The second-order valence-electron chi connectivity index (χ2n) is 8.02. The number of rotatable bonds is 4. The first-order valence-electron chi connectivity index (χ1n) is 9.93. The van der Waals surface area contributed by atoms with E-state index < -0.39 is 17.3 Å². The van der Waals surface area contributed by atoms with E-state index in [1.807, 2.05) is 48.5 Å². The molecule has 0 bridgehead atoms. The van der Waals surface area contributed by atoms with E-state index in [0.29, 0.717) is 5.69 Å². The Bertz CT molecular complexity index is 1260. The van der Waals surface area contributed by atoms with Crippen LogP contribution in [0.25, 0.3) is 28.2 Å². The largest absolute Gasteiger partial charge is 0.417 e. The van der Waals surface area contributed by atoms with Crippen LogP contribution in [0.3, 0.4) is 0 Å². The highest BCUT2D eigenvalue weighted by atomic mass is 32.1. The third-order valence-corrected chi connectivity index (χ3v) is 5.41. The molecule has 1 N–H and O–H groups in total. The van der Waals surface area contributed by atoms with E-state index in [9.17, 15) is 18.3 Å². The van der Waals surface area contributed by atoms with Crippen molar-refractivity contribution >= 4 is 12.6 Å². The van der Waals surface area contributed by atoms with Crippen molar-refractivity contribution in [1.29, 1.82) is 0 Å². The molecule has 0 saturated heterocycles.